The van der Waals surface area contributed by atoms with E-state index in [9.17, 15) is 0 Å². The van der Waals surface area contributed by atoms with Crippen LogP contribution in [0.25, 0.3) is 0 Å². The molecule has 0 atom stereocenters. The van der Waals surface area contributed by atoms with E-state index in [0.717, 1.165) is 6.42 Å². The number of amidine groups is 1. The maximum absolute atomic E-state index is 8.76. The van der Waals surface area contributed by atoms with E-state index >= 15 is 0 Å². The van der Waals surface area contributed by atoms with Crippen LogP contribution in [0.2, 0.25) is 0 Å². The van der Waals surface area contributed by atoms with Crippen molar-refractivity contribution in [2.75, 3.05) is 6.61 Å². The highest BCUT2D eigenvalue weighted by Crippen LogP contribution is 2.31. The zero-order chi connectivity index (χ0) is 15.1. The Morgan fingerprint density at radius 1 is 1.24 bits per heavy atom. The number of nitrogens with two attached hydrogens (primary N) is 1. The van der Waals surface area contributed by atoms with E-state index in [1.54, 1.807) is 12.1 Å². The monoisotopic (exact) mass is 288 g/mol. The minimum Gasteiger partial charge on any atom is -0.490 e. The van der Waals surface area contributed by atoms with Crippen LogP contribution < -0.4 is 15.2 Å². The average molecular weight is 288 g/mol. The lowest BCUT2D eigenvalue weighted by Crippen LogP contribution is -2.16. The highest BCUT2D eigenvalue weighted by molar-refractivity contribution is 5.97. The van der Waals surface area contributed by atoms with Crippen LogP contribution in [-0.2, 0) is 0 Å². The molecule has 0 amide bonds. The molecule has 7 nitrogen and oxygen atoms in total. The van der Waals surface area contributed by atoms with Gasteiger partial charge in [-0.3, -0.25) is 0 Å². The maximum atomic E-state index is 8.76. The fraction of sp³-hybridized carbons (Fsp3) is 0.214. The molecule has 0 aliphatic carbocycles. The number of hydrogen-bond donors (Lipinski definition) is 2. The number of para-hydroxylation sites is 2. The number of ether oxygens (including phenoxy) is 2. The van der Waals surface area contributed by atoms with E-state index in [4.69, 9.17) is 20.4 Å². The zero-order valence-electron chi connectivity index (χ0n) is 11.6. The van der Waals surface area contributed by atoms with Gasteiger partial charge in [0.05, 0.1) is 6.61 Å². The van der Waals surface area contributed by atoms with Crippen LogP contribution in [0.5, 0.6) is 17.4 Å². The van der Waals surface area contributed by atoms with Crippen LogP contribution in [0.1, 0.15) is 19.0 Å². The summed E-state index contributed by atoms with van der Waals surface area (Å²) in [6, 6.07) is 7.20. The van der Waals surface area contributed by atoms with Crippen molar-refractivity contribution in [2.45, 2.75) is 13.3 Å². The Bertz CT molecular complexity index is 631. The number of oxime groups is 1. The highest BCUT2D eigenvalue weighted by atomic mass is 16.5. The lowest BCUT2D eigenvalue weighted by molar-refractivity contribution is 0.300. The van der Waals surface area contributed by atoms with Gasteiger partial charge in [-0.2, -0.15) is 0 Å². The van der Waals surface area contributed by atoms with Crippen LogP contribution in [0.3, 0.4) is 0 Å². The molecule has 1 aromatic carbocycles. The summed E-state index contributed by atoms with van der Waals surface area (Å²) in [6.07, 6.45) is 3.77. The van der Waals surface area contributed by atoms with Crippen LogP contribution in [0, 0.1) is 0 Å². The fourth-order valence-electron chi connectivity index (χ4n) is 1.59. The predicted molar refractivity (Wildman–Crippen MR) is 76.8 cm³/mol. The van der Waals surface area contributed by atoms with E-state index in [1.807, 2.05) is 19.1 Å². The molecule has 0 spiro atoms. The number of nitrogens with zero attached hydrogens (tertiary/aromatic N) is 3. The number of hydrogen-bond acceptors (Lipinski definition) is 6. The van der Waals surface area contributed by atoms with Crippen LogP contribution in [0.15, 0.2) is 41.8 Å². The molecule has 1 heterocycles. The molecular formula is C14H16N4O3. The molecule has 0 bridgehead atoms. The summed E-state index contributed by atoms with van der Waals surface area (Å²) in [6.45, 7) is 2.59. The maximum Gasteiger partial charge on any atom is 0.249 e. The fourth-order valence-corrected chi connectivity index (χ4v) is 1.59. The first-order chi connectivity index (χ1) is 10.3. The Hall–Kier alpha value is -2.83. The Morgan fingerprint density at radius 3 is 2.67 bits per heavy atom. The molecule has 1 aromatic heterocycles. The van der Waals surface area contributed by atoms with Crippen molar-refractivity contribution in [3.05, 3.63) is 42.4 Å². The predicted octanol–water partition coefficient (Wildman–Crippen LogP) is 2.15. The van der Waals surface area contributed by atoms with E-state index in [1.165, 1.54) is 12.4 Å². The van der Waals surface area contributed by atoms with Crippen LogP contribution in [0.4, 0.5) is 0 Å². The highest BCUT2D eigenvalue weighted by Gasteiger charge is 2.14. The van der Waals surface area contributed by atoms with Gasteiger partial charge in [0.2, 0.25) is 5.88 Å². The molecule has 0 saturated carbocycles. The number of aromatic nitrogens is 2. The van der Waals surface area contributed by atoms with Crippen molar-refractivity contribution in [2.24, 2.45) is 10.9 Å². The van der Waals surface area contributed by atoms with Crippen molar-refractivity contribution in [1.82, 2.24) is 9.97 Å². The average Bonchev–Trinajstić information content (AvgIpc) is 2.54. The molecule has 2 rings (SSSR count). The van der Waals surface area contributed by atoms with Gasteiger partial charge in [-0.25, -0.2) is 9.97 Å². The van der Waals surface area contributed by atoms with Crippen molar-refractivity contribution in [3.8, 4) is 17.4 Å². The molecule has 21 heavy (non-hydrogen) atoms. The lowest BCUT2D eigenvalue weighted by atomic mass is 10.3. The van der Waals surface area contributed by atoms with Gasteiger partial charge in [-0.1, -0.05) is 24.2 Å². The number of benzene rings is 1. The smallest absolute Gasteiger partial charge is 0.249 e. The summed E-state index contributed by atoms with van der Waals surface area (Å²) in [4.78, 5) is 8.05. The molecule has 0 saturated heterocycles. The van der Waals surface area contributed by atoms with Crippen LogP contribution >= 0.6 is 0 Å². The summed E-state index contributed by atoms with van der Waals surface area (Å²) in [5.41, 5.74) is 5.71. The lowest BCUT2D eigenvalue weighted by Gasteiger charge is -2.12. The largest absolute Gasteiger partial charge is 0.490 e. The second-order valence-electron chi connectivity index (χ2n) is 4.09. The third-order valence-corrected chi connectivity index (χ3v) is 2.53. The molecule has 110 valence electrons. The molecule has 2 aromatic rings. The first kappa shape index (κ1) is 14.6. The molecule has 0 fully saturated rings. The second kappa shape index (κ2) is 7.09. The molecule has 7 heteroatoms. The summed E-state index contributed by atoms with van der Waals surface area (Å²) in [5.74, 6) is 1.04. The molecule has 0 aliphatic rings. The van der Waals surface area contributed by atoms with E-state index < -0.39 is 0 Å². The minimum absolute atomic E-state index is 0.139. The third-order valence-electron chi connectivity index (χ3n) is 2.53. The summed E-state index contributed by atoms with van der Waals surface area (Å²) >= 11 is 0. The van der Waals surface area contributed by atoms with Gasteiger partial charge in [0.15, 0.2) is 23.0 Å². The van der Waals surface area contributed by atoms with Crippen molar-refractivity contribution < 1.29 is 14.7 Å². The first-order valence-corrected chi connectivity index (χ1v) is 6.44. The van der Waals surface area contributed by atoms with Gasteiger partial charge in [0.25, 0.3) is 0 Å². The zero-order valence-corrected chi connectivity index (χ0v) is 11.6. The van der Waals surface area contributed by atoms with Gasteiger partial charge in [-0.15, -0.1) is 0 Å². The molecule has 0 unspecified atom stereocenters. The van der Waals surface area contributed by atoms with Gasteiger partial charge < -0.3 is 20.4 Å². The quantitative estimate of drug-likeness (QED) is 0.365. The molecular weight excluding hydrogens is 272 g/mol. The summed E-state index contributed by atoms with van der Waals surface area (Å²) < 4.78 is 11.3. The first-order valence-electron chi connectivity index (χ1n) is 6.44. The van der Waals surface area contributed by atoms with Gasteiger partial charge in [0, 0.05) is 12.4 Å². The van der Waals surface area contributed by atoms with Crippen LogP contribution in [-0.4, -0.2) is 27.6 Å². The van der Waals surface area contributed by atoms with E-state index in [0.29, 0.717) is 18.1 Å². The Kier molecular flexibility index (Phi) is 4.92. The van der Waals surface area contributed by atoms with Gasteiger partial charge in [-0.05, 0) is 18.6 Å². The summed E-state index contributed by atoms with van der Waals surface area (Å²) in [7, 11) is 0. The van der Waals surface area contributed by atoms with E-state index in [2.05, 4.69) is 15.1 Å². The molecule has 3 N–H and O–H groups in total. The van der Waals surface area contributed by atoms with Crippen molar-refractivity contribution >= 4 is 5.84 Å². The van der Waals surface area contributed by atoms with E-state index in [-0.39, 0.29) is 17.4 Å². The molecule has 0 radical (unpaired) electrons. The second-order valence-corrected chi connectivity index (χ2v) is 4.09. The van der Waals surface area contributed by atoms with Crippen molar-refractivity contribution in [1.29, 1.82) is 0 Å². The SMILES string of the molecule is CCCOc1ccccc1Oc1nccnc1C(N)=NO. The minimum atomic E-state index is -0.176. The Morgan fingerprint density at radius 2 is 1.95 bits per heavy atom. The summed E-state index contributed by atoms with van der Waals surface area (Å²) in [5, 5.41) is 11.7. The van der Waals surface area contributed by atoms with Gasteiger partial charge in [0.1, 0.15) is 0 Å². The number of rotatable bonds is 6. The normalized spacial score (nSPS) is 11.2. The van der Waals surface area contributed by atoms with Crippen molar-refractivity contribution in [3.63, 3.8) is 0 Å². The Labute approximate surface area is 122 Å². The standard InChI is InChI=1S/C14H16N4O3/c1-2-9-20-10-5-3-4-6-11(10)21-14-12(13(15)18-19)16-7-8-17-14/h3-8,19H,2,9H2,1H3,(H2,15,18). The third kappa shape index (κ3) is 3.59. The van der Waals surface area contributed by atoms with Gasteiger partial charge >= 0.3 is 0 Å². The topological polar surface area (TPSA) is 103 Å². The molecule has 0 aliphatic heterocycles. The Balaban J connectivity index is 2.31.